The lowest BCUT2D eigenvalue weighted by Gasteiger charge is -2.16. The van der Waals surface area contributed by atoms with Gasteiger partial charge in [0.1, 0.15) is 5.75 Å². The van der Waals surface area contributed by atoms with E-state index in [1.165, 1.54) is 11.8 Å². The number of allylic oxidation sites excluding steroid dienone is 1. The number of benzene rings is 2. The van der Waals surface area contributed by atoms with Crippen LogP contribution >= 0.6 is 39.3 Å². The van der Waals surface area contributed by atoms with Crippen LogP contribution in [-0.4, -0.2) is 26.4 Å². The second kappa shape index (κ2) is 10.8. The molecule has 1 aromatic heterocycles. The number of aryl methyl sites for hydroxylation is 1. The van der Waals surface area contributed by atoms with Crippen LogP contribution in [0.2, 0.25) is 5.02 Å². The molecule has 1 amide bonds. The van der Waals surface area contributed by atoms with Gasteiger partial charge >= 0.3 is 0 Å². The van der Waals surface area contributed by atoms with Gasteiger partial charge < -0.3 is 10.1 Å². The van der Waals surface area contributed by atoms with Crippen molar-refractivity contribution in [3.8, 4) is 5.75 Å². The number of hydrogen-bond acceptors (Lipinski definition) is 5. The molecule has 0 radical (unpaired) electrons. The lowest BCUT2D eigenvalue weighted by Crippen LogP contribution is -2.15. The van der Waals surface area contributed by atoms with E-state index in [-0.39, 0.29) is 17.8 Å². The van der Waals surface area contributed by atoms with Crippen LogP contribution < -0.4 is 10.1 Å². The second-order valence-corrected chi connectivity index (χ2v) is 9.04. The van der Waals surface area contributed by atoms with Gasteiger partial charge in [0.25, 0.3) is 0 Å². The Bertz CT molecular complexity index is 1070. The van der Waals surface area contributed by atoms with Crippen LogP contribution in [0.5, 0.6) is 5.75 Å². The maximum atomic E-state index is 12.4. The Balaban J connectivity index is 1.67. The van der Waals surface area contributed by atoms with E-state index in [1.54, 1.807) is 18.2 Å². The van der Waals surface area contributed by atoms with Crippen LogP contribution in [0.1, 0.15) is 24.4 Å². The molecule has 3 rings (SSSR count). The van der Waals surface area contributed by atoms with Crippen molar-refractivity contribution in [2.45, 2.75) is 31.7 Å². The number of carbonyl (C=O) groups is 1. The highest BCUT2D eigenvalue weighted by Gasteiger charge is 2.20. The summed E-state index contributed by atoms with van der Waals surface area (Å²) in [5.74, 6) is 1.40. The number of anilines is 1. The van der Waals surface area contributed by atoms with E-state index in [4.69, 9.17) is 16.3 Å². The first-order valence-corrected chi connectivity index (χ1v) is 11.7. The van der Waals surface area contributed by atoms with Crippen LogP contribution in [-0.2, 0) is 11.3 Å². The van der Waals surface area contributed by atoms with Gasteiger partial charge in [-0.05, 0) is 44.2 Å². The molecule has 0 aliphatic heterocycles. The van der Waals surface area contributed by atoms with E-state index in [1.807, 2.05) is 48.7 Å². The summed E-state index contributed by atoms with van der Waals surface area (Å²) in [6.07, 6.45) is 1.44. The number of nitrogens with one attached hydrogen (secondary N) is 1. The number of rotatable bonds is 9. The van der Waals surface area contributed by atoms with Crippen LogP contribution in [0.25, 0.3) is 0 Å². The molecule has 1 unspecified atom stereocenters. The van der Waals surface area contributed by atoms with Gasteiger partial charge in [0, 0.05) is 11.0 Å². The average Bonchev–Trinajstić information content (AvgIpc) is 3.13. The Morgan fingerprint density at radius 1 is 1.32 bits per heavy atom. The van der Waals surface area contributed by atoms with Gasteiger partial charge in [-0.2, -0.15) is 0 Å². The number of amides is 1. The molecule has 0 fully saturated rings. The van der Waals surface area contributed by atoms with Gasteiger partial charge in [-0.3, -0.25) is 9.36 Å². The Morgan fingerprint density at radius 3 is 2.74 bits per heavy atom. The Kier molecular flexibility index (Phi) is 8.17. The SMILES string of the molecule is C=CCn1c(SCC(=O)Nc2ccc(Br)cc2Cl)nnc1C(C)Oc1ccc(C)cc1. The fourth-order valence-corrected chi connectivity index (χ4v) is 4.26. The van der Waals surface area contributed by atoms with Crippen LogP contribution in [0.3, 0.4) is 0 Å². The van der Waals surface area contributed by atoms with E-state index in [0.29, 0.717) is 28.2 Å². The van der Waals surface area contributed by atoms with E-state index in [2.05, 4.69) is 38.0 Å². The number of ether oxygens (including phenoxy) is 1. The molecule has 31 heavy (non-hydrogen) atoms. The highest BCUT2D eigenvalue weighted by atomic mass is 79.9. The molecule has 1 N–H and O–H groups in total. The highest BCUT2D eigenvalue weighted by molar-refractivity contribution is 9.10. The average molecular weight is 522 g/mol. The molecule has 0 bridgehead atoms. The smallest absolute Gasteiger partial charge is 0.234 e. The van der Waals surface area contributed by atoms with E-state index >= 15 is 0 Å². The lowest BCUT2D eigenvalue weighted by atomic mass is 10.2. The first-order valence-electron chi connectivity index (χ1n) is 9.52. The lowest BCUT2D eigenvalue weighted by molar-refractivity contribution is -0.113. The fraction of sp³-hybridized carbons (Fsp3) is 0.227. The number of aromatic nitrogens is 3. The van der Waals surface area contributed by atoms with Crippen LogP contribution in [0.4, 0.5) is 5.69 Å². The second-order valence-electron chi connectivity index (χ2n) is 6.77. The summed E-state index contributed by atoms with van der Waals surface area (Å²) in [4.78, 5) is 12.4. The summed E-state index contributed by atoms with van der Waals surface area (Å²) >= 11 is 10.8. The quantitative estimate of drug-likeness (QED) is 0.274. The monoisotopic (exact) mass is 520 g/mol. The summed E-state index contributed by atoms with van der Waals surface area (Å²) in [7, 11) is 0. The summed E-state index contributed by atoms with van der Waals surface area (Å²) in [6, 6.07) is 13.1. The minimum atomic E-state index is -0.320. The Labute approximate surface area is 199 Å². The standard InChI is InChI=1S/C22H22BrClN4O2S/c1-4-11-28-21(15(3)30-17-8-5-14(2)6-9-17)26-27-22(28)31-13-20(29)25-19-10-7-16(23)12-18(19)24/h4-10,12,15H,1,11,13H2,2-3H3,(H,25,29). The van der Waals surface area contributed by atoms with Crippen molar-refractivity contribution in [1.82, 2.24) is 14.8 Å². The number of nitrogens with zero attached hydrogens (tertiary/aromatic N) is 3. The van der Waals surface area contributed by atoms with Crippen molar-refractivity contribution in [1.29, 1.82) is 0 Å². The number of halogens is 2. The number of thioether (sulfide) groups is 1. The molecule has 2 aromatic carbocycles. The predicted molar refractivity (Wildman–Crippen MR) is 129 cm³/mol. The molecule has 9 heteroatoms. The normalized spacial score (nSPS) is 11.7. The maximum absolute atomic E-state index is 12.4. The summed E-state index contributed by atoms with van der Waals surface area (Å²) < 4.78 is 8.76. The molecule has 0 spiro atoms. The van der Waals surface area contributed by atoms with Crippen LogP contribution in [0, 0.1) is 6.92 Å². The van der Waals surface area contributed by atoms with Crippen molar-refractivity contribution in [3.05, 3.63) is 76.0 Å². The minimum Gasteiger partial charge on any atom is -0.483 e. The third-order valence-corrected chi connectivity index (χ3v) is 6.06. The molecule has 1 atom stereocenters. The van der Waals surface area contributed by atoms with E-state index in [9.17, 15) is 4.79 Å². The molecular formula is C22H22BrClN4O2S. The van der Waals surface area contributed by atoms with Gasteiger partial charge in [-0.1, -0.05) is 63.1 Å². The topological polar surface area (TPSA) is 69.0 Å². The molecule has 0 aliphatic rings. The van der Waals surface area contributed by atoms with Crippen molar-refractivity contribution in [2.75, 3.05) is 11.1 Å². The van der Waals surface area contributed by atoms with Gasteiger partial charge in [-0.25, -0.2) is 0 Å². The van der Waals surface area contributed by atoms with E-state index < -0.39 is 0 Å². The number of hydrogen-bond donors (Lipinski definition) is 1. The Hall–Kier alpha value is -2.29. The molecule has 6 nitrogen and oxygen atoms in total. The van der Waals surface area contributed by atoms with Gasteiger partial charge in [-0.15, -0.1) is 16.8 Å². The molecular weight excluding hydrogens is 500 g/mol. The van der Waals surface area contributed by atoms with Gasteiger partial charge in [0.2, 0.25) is 5.91 Å². The van der Waals surface area contributed by atoms with Gasteiger partial charge in [0.05, 0.1) is 16.5 Å². The summed E-state index contributed by atoms with van der Waals surface area (Å²) in [6.45, 7) is 8.26. The number of carbonyl (C=O) groups excluding carboxylic acids is 1. The van der Waals surface area contributed by atoms with Gasteiger partial charge in [0.15, 0.2) is 17.1 Å². The molecule has 1 heterocycles. The zero-order valence-electron chi connectivity index (χ0n) is 17.1. The molecule has 0 saturated carbocycles. The Morgan fingerprint density at radius 2 is 2.06 bits per heavy atom. The molecule has 3 aromatic rings. The molecule has 0 aliphatic carbocycles. The third-order valence-electron chi connectivity index (χ3n) is 4.29. The predicted octanol–water partition coefficient (Wildman–Crippen LogP) is 6.06. The zero-order chi connectivity index (χ0) is 22.4. The fourth-order valence-electron chi connectivity index (χ4n) is 2.79. The van der Waals surface area contributed by atoms with Crippen molar-refractivity contribution < 1.29 is 9.53 Å². The zero-order valence-corrected chi connectivity index (χ0v) is 20.3. The van der Waals surface area contributed by atoms with Crippen molar-refractivity contribution in [3.63, 3.8) is 0 Å². The summed E-state index contributed by atoms with van der Waals surface area (Å²) in [5.41, 5.74) is 1.72. The first kappa shape index (κ1) is 23.4. The first-order chi connectivity index (χ1) is 14.9. The van der Waals surface area contributed by atoms with Crippen molar-refractivity contribution >= 4 is 50.9 Å². The highest BCUT2D eigenvalue weighted by Crippen LogP contribution is 2.27. The van der Waals surface area contributed by atoms with Crippen molar-refractivity contribution in [2.24, 2.45) is 0 Å². The van der Waals surface area contributed by atoms with Crippen LogP contribution in [0.15, 0.2) is 64.7 Å². The minimum absolute atomic E-state index is 0.162. The van der Waals surface area contributed by atoms with E-state index in [0.717, 1.165) is 15.8 Å². The maximum Gasteiger partial charge on any atom is 0.234 e. The summed E-state index contributed by atoms with van der Waals surface area (Å²) in [5, 5.41) is 12.4. The largest absolute Gasteiger partial charge is 0.483 e. The molecule has 162 valence electrons. The molecule has 0 saturated heterocycles. The third kappa shape index (κ3) is 6.35.